The maximum absolute atomic E-state index is 13.6. The molecule has 1 aromatic rings. The predicted octanol–water partition coefficient (Wildman–Crippen LogP) is 3.98. The lowest BCUT2D eigenvalue weighted by atomic mass is 9.98. The van der Waals surface area contributed by atoms with E-state index in [1.165, 1.54) is 6.92 Å². The Morgan fingerprint density at radius 3 is 2.11 bits per heavy atom. The molecule has 2 N–H and O–H groups in total. The molecule has 0 radical (unpaired) electrons. The standard InChI is InChI=1S/C10H8ClF6N/c1-4-2-3-5(11)6(7(4)12)8(18)9(13,14)10(15,16)17/h2-3,8H,18H2,1H3/t8-/m0/s1. The van der Waals surface area contributed by atoms with Gasteiger partial charge in [-0.1, -0.05) is 17.7 Å². The summed E-state index contributed by atoms with van der Waals surface area (Å²) < 4.78 is 76.0. The third-order valence-corrected chi connectivity index (χ3v) is 2.73. The number of hydrogen-bond donors (Lipinski definition) is 1. The summed E-state index contributed by atoms with van der Waals surface area (Å²) in [5.41, 5.74) is 3.67. The zero-order chi connectivity index (χ0) is 14.3. The molecule has 0 aliphatic rings. The highest BCUT2D eigenvalue weighted by molar-refractivity contribution is 6.31. The van der Waals surface area contributed by atoms with Crippen molar-refractivity contribution in [2.45, 2.75) is 25.1 Å². The third-order valence-electron chi connectivity index (χ3n) is 2.40. The molecular formula is C10H8ClF6N. The van der Waals surface area contributed by atoms with Gasteiger partial charge in [-0.3, -0.25) is 0 Å². The number of hydrogen-bond acceptors (Lipinski definition) is 1. The lowest BCUT2D eigenvalue weighted by molar-refractivity contribution is -0.291. The highest BCUT2D eigenvalue weighted by atomic mass is 35.5. The third kappa shape index (κ3) is 2.42. The van der Waals surface area contributed by atoms with Crippen LogP contribution < -0.4 is 5.73 Å². The monoisotopic (exact) mass is 291 g/mol. The first-order valence-corrected chi connectivity index (χ1v) is 5.02. The molecule has 18 heavy (non-hydrogen) atoms. The molecule has 0 fully saturated rings. The molecule has 1 rings (SSSR count). The molecule has 1 atom stereocenters. The SMILES string of the molecule is Cc1ccc(Cl)c([C@H](N)C(F)(F)C(F)(F)F)c1F. The van der Waals surface area contributed by atoms with E-state index in [1.807, 2.05) is 0 Å². The Labute approximate surface area is 104 Å². The Kier molecular flexibility index (Phi) is 3.88. The molecule has 1 aromatic carbocycles. The van der Waals surface area contributed by atoms with Crippen LogP contribution in [0.5, 0.6) is 0 Å². The minimum atomic E-state index is -5.88. The molecule has 102 valence electrons. The summed E-state index contributed by atoms with van der Waals surface area (Å²) >= 11 is 5.43. The fraction of sp³-hybridized carbons (Fsp3) is 0.400. The average Bonchev–Trinajstić information content (AvgIpc) is 2.22. The molecule has 8 heteroatoms. The van der Waals surface area contributed by atoms with Crippen molar-refractivity contribution in [1.29, 1.82) is 0 Å². The fourth-order valence-electron chi connectivity index (χ4n) is 1.32. The first kappa shape index (κ1) is 15.1. The van der Waals surface area contributed by atoms with Gasteiger partial charge >= 0.3 is 12.1 Å². The van der Waals surface area contributed by atoms with Crippen LogP contribution in [0.15, 0.2) is 12.1 Å². The van der Waals surface area contributed by atoms with Gasteiger partial charge in [0.25, 0.3) is 0 Å². The summed E-state index contributed by atoms with van der Waals surface area (Å²) in [4.78, 5) is 0. The normalized spacial score (nSPS) is 14.7. The summed E-state index contributed by atoms with van der Waals surface area (Å²) in [6, 6.07) is -0.730. The van der Waals surface area contributed by atoms with Crippen LogP contribution in [-0.4, -0.2) is 12.1 Å². The predicted molar refractivity (Wildman–Crippen MR) is 54.1 cm³/mol. The van der Waals surface area contributed by atoms with Gasteiger partial charge in [-0.25, -0.2) is 4.39 Å². The van der Waals surface area contributed by atoms with Crippen LogP contribution in [-0.2, 0) is 0 Å². The summed E-state index contributed by atoms with van der Waals surface area (Å²) in [7, 11) is 0. The largest absolute Gasteiger partial charge is 0.455 e. The molecule has 0 saturated heterocycles. The van der Waals surface area contributed by atoms with E-state index < -0.39 is 34.5 Å². The summed E-state index contributed by atoms with van der Waals surface area (Å²) in [6.45, 7) is 1.20. The van der Waals surface area contributed by atoms with Crippen molar-refractivity contribution in [3.8, 4) is 0 Å². The fourth-order valence-corrected chi connectivity index (χ4v) is 1.58. The highest BCUT2D eigenvalue weighted by Crippen LogP contribution is 2.45. The van der Waals surface area contributed by atoms with Gasteiger partial charge in [-0.2, -0.15) is 22.0 Å². The maximum atomic E-state index is 13.6. The summed E-state index contributed by atoms with van der Waals surface area (Å²) in [6.07, 6.45) is -5.88. The molecule has 0 heterocycles. The second kappa shape index (κ2) is 4.62. The van der Waals surface area contributed by atoms with Crippen LogP contribution in [0.2, 0.25) is 5.02 Å². The van der Waals surface area contributed by atoms with Gasteiger partial charge in [0.1, 0.15) is 11.9 Å². The van der Waals surface area contributed by atoms with E-state index in [-0.39, 0.29) is 5.56 Å². The van der Waals surface area contributed by atoms with Crippen LogP contribution in [0.3, 0.4) is 0 Å². The summed E-state index contributed by atoms with van der Waals surface area (Å²) in [5, 5.41) is -0.575. The van der Waals surface area contributed by atoms with Gasteiger partial charge in [-0.15, -0.1) is 0 Å². The van der Waals surface area contributed by atoms with Crippen LogP contribution in [0, 0.1) is 12.7 Å². The molecule has 0 spiro atoms. The molecule has 0 aliphatic carbocycles. The zero-order valence-corrected chi connectivity index (χ0v) is 9.71. The van der Waals surface area contributed by atoms with Gasteiger partial charge in [-0.05, 0) is 18.6 Å². The van der Waals surface area contributed by atoms with E-state index in [4.69, 9.17) is 17.3 Å². The van der Waals surface area contributed by atoms with Gasteiger partial charge < -0.3 is 5.73 Å². The zero-order valence-electron chi connectivity index (χ0n) is 8.96. The molecule has 0 unspecified atom stereocenters. The Hall–Kier alpha value is -0.950. The molecule has 0 amide bonds. The Morgan fingerprint density at radius 2 is 1.67 bits per heavy atom. The van der Waals surface area contributed by atoms with E-state index in [1.54, 1.807) is 0 Å². The Balaban J connectivity index is 3.36. The van der Waals surface area contributed by atoms with Crippen LogP contribution in [0.4, 0.5) is 26.3 Å². The maximum Gasteiger partial charge on any atom is 0.455 e. The van der Waals surface area contributed by atoms with Crippen molar-refractivity contribution in [2.24, 2.45) is 5.73 Å². The Morgan fingerprint density at radius 1 is 1.17 bits per heavy atom. The van der Waals surface area contributed by atoms with E-state index in [2.05, 4.69) is 0 Å². The first-order valence-electron chi connectivity index (χ1n) is 4.64. The van der Waals surface area contributed by atoms with Crippen molar-refractivity contribution in [3.63, 3.8) is 0 Å². The number of alkyl halides is 5. The highest BCUT2D eigenvalue weighted by Gasteiger charge is 2.62. The van der Waals surface area contributed by atoms with E-state index in [0.717, 1.165) is 12.1 Å². The second-order valence-corrected chi connectivity index (χ2v) is 4.10. The van der Waals surface area contributed by atoms with E-state index in [9.17, 15) is 26.3 Å². The number of rotatable bonds is 2. The average molecular weight is 292 g/mol. The first-order chi connectivity index (χ1) is 8.00. The van der Waals surface area contributed by atoms with E-state index >= 15 is 0 Å². The van der Waals surface area contributed by atoms with Crippen LogP contribution >= 0.6 is 11.6 Å². The molecule has 0 saturated carbocycles. The van der Waals surface area contributed by atoms with Gasteiger partial charge in [0.2, 0.25) is 0 Å². The molecular weight excluding hydrogens is 284 g/mol. The van der Waals surface area contributed by atoms with Crippen molar-refractivity contribution in [1.82, 2.24) is 0 Å². The summed E-state index contributed by atoms with van der Waals surface area (Å²) in [5.74, 6) is -6.54. The van der Waals surface area contributed by atoms with Gasteiger partial charge in [0, 0.05) is 10.6 Å². The molecule has 1 nitrogen and oxygen atoms in total. The van der Waals surface area contributed by atoms with Crippen molar-refractivity contribution in [2.75, 3.05) is 0 Å². The molecule has 0 aromatic heterocycles. The molecule has 0 aliphatic heterocycles. The smallest absolute Gasteiger partial charge is 0.319 e. The quantitative estimate of drug-likeness (QED) is 0.819. The van der Waals surface area contributed by atoms with Gasteiger partial charge in [0.15, 0.2) is 0 Å². The molecule has 0 bridgehead atoms. The second-order valence-electron chi connectivity index (χ2n) is 3.69. The van der Waals surface area contributed by atoms with E-state index in [0.29, 0.717) is 0 Å². The van der Waals surface area contributed by atoms with Crippen molar-refractivity contribution in [3.05, 3.63) is 34.1 Å². The minimum Gasteiger partial charge on any atom is -0.319 e. The number of benzene rings is 1. The van der Waals surface area contributed by atoms with Crippen molar-refractivity contribution < 1.29 is 26.3 Å². The minimum absolute atomic E-state index is 0.122. The van der Waals surface area contributed by atoms with Crippen LogP contribution in [0.25, 0.3) is 0 Å². The number of aryl methyl sites for hydroxylation is 1. The topological polar surface area (TPSA) is 26.0 Å². The van der Waals surface area contributed by atoms with Gasteiger partial charge in [0.05, 0.1) is 0 Å². The number of nitrogens with two attached hydrogens (primary N) is 1. The van der Waals surface area contributed by atoms with Crippen LogP contribution in [0.1, 0.15) is 17.2 Å². The number of halogens is 7. The lowest BCUT2D eigenvalue weighted by Gasteiger charge is -2.27. The Bertz CT molecular complexity index is 456. The lowest BCUT2D eigenvalue weighted by Crippen LogP contribution is -2.46. The van der Waals surface area contributed by atoms with Crippen molar-refractivity contribution >= 4 is 11.6 Å².